The molecule has 1 heterocycles. The van der Waals surface area contributed by atoms with E-state index < -0.39 is 15.0 Å². The van der Waals surface area contributed by atoms with Crippen LogP contribution >= 0.6 is 10.7 Å². The minimum absolute atomic E-state index is 0.0654. The highest BCUT2D eigenvalue weighted by Crippen LogP contribution is 2.28. The fourth-order valence-corrected chi connectivity index (χ4v) is 2.86. The third-order valence-corrected chi connectivity index (χ3v) is 3.76. The largest absolute Gasteiger partial charge is 0.459 e. The second kappa shape index (κ2) is 3.75. The number of ether oxygens (including phenoxy) is 1. The summed E-state index contributed by atoms with van der Waals surface area (Å²) in [6.45, 7) is 1.75. The summed E-state index contributed by atoms with van der Waals surface area (Å²) in [6.07, 6.45) is 0.259. The van der Waals surface area contributed by atoms with Crippen molar-refractivity contribution >= 4 is 25.7 Å². The lowest BCUT2D eigenvalue weighted by molar-refractivity contribution is 0.0295. The Labute approximate surface area is 97.6 Å². The lowest BCUT2D eigenvalue weighted by atomic mass is 9.99. The molecular formula is C10H9ClO4S. The van der Waals surface area contributed by atoms with E-state index in [4.69, 9.17) is 15.4 Å². The molecule has 1 aliphatic rings. The molecule has 16 heavy (non-hydrogen) atoms. The standard InChI is InChI=1S/C10H9ClO4S/c1-6-5-7-3-2-4-8(16(11,13)14)9(7)10(12)15-6/h2-4,6H,5H2,1H3. The van der Waals surface area contributed by atoms with Gasteiger partial charge in [-0.1, -0.05) is 12.1 Å². The van der Waals surface area contributed by atoms with Gasteiger partial charge in [0.15, 0.2) is 0 Å². The molecule has 0 spiro atoms. The van der Waals surface area contributed by atoms with E-state index in [0.717, 1.165) is 0 Å². The van der Waals surface area contributed by atoms with E-state index in [1.807, 2.05) is 0 Å². The number of rotatable bonds is 1. The van der Waals surface area contributed by atoms with Crippen LogP contribution in [0.1, 0.15) is 22.8 Å². The molecule has 86 valence electrons. The molecule has 1 unspecified atom stereocenters. The zero-order chi connectivity index (χ0) is 11.9. The van der Waals surface area contributed by atoms with Gasteiger partial charge in [0.1, 0.15) is 6.10 Å². The first-order chi connectivity index (χ1) is 7.39. The first kappa shape index (κ1) is 11.4. The van der Waals surface area contributed by atoms with E-state index >= 15 is 0 Å². The Hall–Kier alpha value is -1.07. The van der Waals surface area contributed by atoms with Crippen molar-refractivity contribution in [3.05, 3.63) is 29.3 Å². The van der Waals surface area contributed by atoms with Crippen molar-refractivity contribution in [3.63, 3.8) is 0 Å². The van der Waals surface area contributed by atoms with E-state index in [0.29, 0.717) is 12.0 Å². The summed E-state index contributed by atoms with van der Waals surface area (Å²) in [5, 5.41) is 0. The second-order valence-corrected chi connectivity index (χ2v) is 6.18. The quantitative estimate of drug-likeness (QED) is 0.570. The average Bonchev–Trinajstić information content (AvgIpc) is 2.14. The van der Waals surface area contributed by atoms with Crippen LogP contribution in [0.5, 0.6) is 0 Å². The molecule has 0 N–H and O–H groups in total. The topological polar surface area (TPSA) is 60.4 Å². The number of hydrogen-bond acceptors (Lipinski definition) is 4. The van der Waals surface area contributed by atoms with Crippen LogP contribution in [-0.2, 0) is 20.2 Å². The predicted octanol–water partition coefficient (Wildman–Crippen LogP) is 1.72. The minimum Gasteiger partial charge on any atom is -0.459 e. The molecule has 6 heteroatoms. The van der Waals surface area contributed by atoms with Crippen molar-refractivity contribution in [2.75, 3.05) is 0 Å². The lowest BCUT2D eigenvalue weighted by Gasteiger charge is -2.22. The molecule has 0 saturated carbocycles. The minimum atomic E-state index is -3.92. The van der Waals surface area contributed by atoms with Crippen LogP contribution in [0.2, 0.25) is 0 Å². The Morgan fingerprint density at radius 1 is 1.44 bits per heavy atom. The maximum absolute atomic E-state index is 11.6. The molecule has 1 aromatic carbocycles. The van der Waals surface area contributed by atoms with E-state index in [1.165, 1.54) is 6.07 Å². The molecule has 0 saturated heterocycles. The summed E-state index contributed by atoms with van der Waals surface area (Å²) in [5.74, 6) is -0.631. The van der Waals surface area contributed by atoms with Gasteiger partial charge in [0.2, 0.25) is 0 Å². The lowest BCUT2D eigenvalue weighted by Crippen LogP contribution is -2.26. The fourth-order valence-electron chi connectivity index (χ4n) is 1.77. The Balaban J connectivity index is 2.69. The van der Waals surface area contributed by atoms with Crippen LogP contribution in [0.25, 0.3) is 0 Å². The third-order valence-electron chi connectivity index (χ3n) is 2.39. The molecule has 1 aliphatic heterocycles. The van der Waals surface area contributed by atoms with Crippen molar-refractivity contribution in [1.82, 2.24) is 0 Å². The molecule has 0 aliphatic carbocycles. The second-order valence-electron chi connectivity index (χ2n) is 3.65. The summed E-state index contributed by atoms with van der Waals surface area (Å²) in [7, 11) is 1.34. The smallest absolute Gasteiger partial charge is 0.340 e. The molecule has 4 nitrogen and oxygen atoms in total. The number of hydrogen-bond donors (Lipinski definition) is 0. The van der Waals surface area contributed by atoms with Crippen LogP contribution in [-0.4, -0.2) is 20.5 Å². The molecule has 0 fully saturated rings. The third kappa shape index (κ3) is 1.92. The number of fused-ring (bicyclic) bond motifs is 1. The summed E-state index contributed by atoms with van der Waals surface area (Å²) >= 11 is 0. The zero-order valence-electron chi connectivity index (χ0n) is 8.44. The molecule has 1 atom stereocenters. The van der Waals surface area contributed by atoms with Crippen LogP contribution in [0.15, 0.2) is 23.1 Å². The van der Waals surface area contributed by atoms with E-state index in [-0.39, 0.29) is 16.6 Å². The van der Waals surface area contributed by atoms with Gasteiger partial charge in [-0.2, -0.15) is 0 Å². The molecule has 2 rings (SSSR count). The van der Waals surface area contributed by atoms with Gasteiger partial charge >= 0.3 is 5.97 Å². The van der Waals surface area contributed by atoms with Gasteiger partial charge in [-0.15, -0.1) is 0 Å². The van der Waals surface area contributed by atoms with Gasteiger partial charge in [-0.3, -0.25) is 0 Å². The van der Waals surface area contributed by atoms with E-state index in [2.05, 4.69) is 0 Å². The van der Waals surface area contributed by atoms with Crippen molar-refractivity contribution in [1.29, 1.82) is 0 Å². The number of esters is 1. The average molecular weight is 261 g/mol. The Morgan fingerprint density at radius 2 is 2.12 bits per heavy atom. The Morgan fingerprint density at radius 3 is 2.75 bits per heavy atom. The summed E-state index contributed by atoms with van der Waals surface area (Å²) in [4.78, 5) is 11.4. The number of halogens is 1. The molecule has 0 bridgehead atoms. The monoisotopic (exact) mass is 260 g/mol. The van der Waals surface area contributed by atoms with Gasteiger partial charge in [0.25, 0.3) is 9.05 Å². The summed E-state index contributed by atoms with van der Waals surface area (Å²) in [5.41, 5.74) is 0.723. The summed E-state index contributed by atoms with van der Waals surface area (Å²) < 4.78 is 27.6. The molecule has 1 aromatic rings. The van der Waals surface area contributed by atoms with Gasteiger partial charge < -0.3 is 4.74 Å². The van der Waals surface area contributed by atoms with Gasteiger partial charge in [0, 0.05) is 17.1 Å². The van der Waals surface area contributed by atoms with Gasteiger partial charge in [0.05, 0.1) is 10.5 Å². The van der Waals surface area contributed by atoms with Crippen molar-refractivity contribution < 1.29 is 17.9 Å². The Kier molecular flexibility index (Phi) is 2.67. The first-order valence-corrected chi connectivity index (χ1v) is 6.98. The molecule has 0 amide bonds. The number of carbonyl (C=O) groups is 1. The van der Waals surface area contributed by atoms with Crippen LogP contribution in [0, 0.1) is 0 Å². The number of cyclic esters (lactones) is 1. The van der Waals surface area contributed by atoms with Crippen molar-refractivity contribution in [2.24, 2.45) is 0 Å². The van der Waals surface area contributed by atoms with Crippen LogP contribution in [0.4, 0.5) is 0 Å². The highest BCUT2D eigenvalue weighted by Gasteiger charge is 2.30. The fraction of sp³-hybridized carbons (Fsp3) is 0.300. The number of carbonyl (C=O) groups excluding carboxylic acids is 1. The molecule has 0 aromatic heterocycles. The summed E-state index contributed by atoms with van der Waals surface area (Å²) in [6, 6.07) is 4.58. The number of benzene rings is 1. The van der Waals surface area contributed by atoms with E-state index in [1.54, 1.807) is 19.1 Å². The first-order valence-electron chi connectivity index (χ1n) is 4.67. The highest BCUT2D eigenvalue weighted by atomic mass is 35.7. The van der Waals surface area contributed by atoms with Crippen LogP contribution < -0.4 is 0 Å². The Bertz CT molecular complexity index is 550. The zero-order valence-corrected chi connectivity index (χ0v) is 10.0. The maximum Gasteiger partial charge on any atom is 0.340 e. The predicted molar refractivity (Wildman–Crippen MR) is 58.1 cm³/mol. The van der Waals surface area contributed by atoms with Gasteiger partial charge in [-0.05, 0) is 18.6 Å². The van der Waals surface area contributed by atoms with Crippen molar-refractivity contribution in [3.8, 4) is 0 Å². The normalized spacial score (nSPS) is 20.1. The van der Waals surface area contributed by atoms with E-state index in [9.17, 15) is 13.2 Å². The van der Waals surface area contributed by atoms with Crippen molar-refractivity contribution in [2.45, 2.75) is 24.3 Å². The molecular weight excluding hydrogens is 252 g/mol. The maximum atomic E-state index is 11.6. The highest BCUT2D eigenvalue weighted by molar-refractivity contribution is 8.13. The van der Waals surface area contributed by atoms with Crippen LogP contribution in [0.3, 0.4) is 0 Å². The van der Waals surface area contributed by atoms with Gasteiger partial charge in [-0.25, -0.2) is 13.2 Å². The SMILES string of the molecule is CC1Cc2cccc(S(=O)(=O)Cl)c2C(=O)O1. The molecule has 0 radical (unpaired) electrons.